The molecule has 0 radical (unpaired) electrons. The van der Waals surface area contributed by atoms with E-state index in [-0.39, 0.29) is 5.56 Å². The third-order valence-corrected chi connectivity index (χ3v) is 3.76. The summed E-state index contributed by atoms with van der Waals surface area (Å²) >= 11 is 5.79. The Balaban J connectivity index is 1.70. The molecule has 1 aliphatic rings. The first-order chi connectivity index (χ1) is 10.1. The van der Waals surface area contributed by atoms with Crippen LogP contribution in [0.15, 0.2) is 36.4 Å². The Morgan fingerprint density at radius 1 is 1.19 bits per heavy atom. The standard InChI is InChI=1S/C16H14ClFN2O/c17-13-3-4-15(18)14(6-13)16(21)20-7-10-1-2-11-8-19-9-12(11)5-10/h1-6,19H,7-9H2,(H,20,21). The molecule has 0 aromatic heterocycles. The lowest BCUT2D eigenvalue weighted by atomic mass is 10.1. The van der Waals surface area contributed by atoms with Gasteiger partial charge in [-0.25, -0.2) is 4.39 Å². The van der Waals surface area contributed by atoms with Crippen LogP contribution in [0.4, 0.5) is 4.39 Å². The van der Waals surface area contributed by atoms with Gasteiger partial charge in [0.2, 0.25) is 0 Å². The van der Waals surface area contributed by atoms with Crippen LogP contribution in [0, 0.1) is 5.82 Å². The second kappa shape index (κ2) is 5.84. The normalized spacial score (nSPS) is 13.0. The minimum Gasteiger partial charge on any atom is -0.348 e. The molecular weight excluding hydrogens is 291 g/mol. The van der Waals surface area contributed by atoms with Crippen molar-refractivity contribution in [1.82, 2.24) is 10.6 Å². The molecule has 0 saturated carbocycles. The fourth-order valence-corrected chi connectivity index (χ4v) is 2.58. The topological polar surface area (TPSA) is 41.1 Å². The Morgan fingerprint density at radius 3 is 2.86 bits per heavy atom. The van der Waals surface area contributed by atoms with E-state index in [0.717, 1.165) is 18.7 Å². The van der Waals surface area contributed by atoms with E-state index < -0.39 is 11.7 Å². The van der Waals surface area contributed by atoms with Crippen molar-refractivity contribution < 1.29 is 9.18 Å². The van der Waals surface area contributed by atoms with Gasteiger partial charge in [-0.15, -0.1) is 0 Å². The number of carbonyl (C=O) groups is 1. The quantitative estimate of drug-likeness (QED) is 0.915. The van der Waals surface area contributed by atoms with Gasteiger partial charge >= 0.3 is 0 Å². The van der Waals surface area contributed by atoms with Gasteiger partial charge in [0.05, 0.1) is 5.56 Å². The molecule has 1 amide bonds. The molecule has 1 heterocycles. The first-order valence-electron chi connectivity index (χ1n) is 6.68. The number of rotatable bonds is 3. The molecule has 0 fully saturated rings. The van der Waals surface area contributed by atoms with Crippen LogP contribution in [-0.4, -0.2) is 5.91 Å². The lowest BCUT2D eigenvalue weighted by Crippen LogP contribution is -2.23. The second-order valence-electron chi connectivity index (χ2n) is 5.01. The number of nitrogens with one attached hydrogen (secondary N) is 2. The molecular formula is C16H14ClFN2O. The number of hydrogen-bond acceptors (Lipinski definition) is 2. The maximum Gasteiger partial charge on any atom is 0.254 e. The third kappa shape index (κ3) is 3.06. The van der Waals surface area contributed by atoms with Crippen LogP contribution in [0.1, 0.15) is 27.0 Å². The van der Waals surface area contributed by atoms with Gasteiger partial charge in [0, 0.05) is 24.7 Å². The molecule has 5 heteroatoms. The maximum atomic E-state index is 13.6. The van der Waals surface area contributed by atoms with Gasteiger partial charge in [0.15, 0.2) is 0 Å². The minimum absolute atomic E-state index is 0.0367. The minimum atomic E-state index is -0.574. The smallest absolute Gasteiger partial charge is 0.254 e. The highest BCUT2D eigenvalue weighted by Gasteiger charge is 2.13. The molecule has 0 spiro atoms. The van der Waals surface area contributed by atoms with Crippen molar-refractivity contribution in [3.05, 3.63) is 69.5 Å². The summed E-state index contributed by atoms with van der Waals surface area (Å²) in [7, 11) is 0. The largest absolute Gasteiger partial charge is 0.348 e. The van der Waals surface area contributed by atoms with Crippen LogP contribution in [0.5, 0.6) is 0 Å². The first kappa shape index (κ1) is 14.0. The molecule has 0 bridgehead atoms. The van der Waals surface area contributed by atoms with Crippen molar-refractivity contribution in [3.63, 3.8) is 0 Å². The highest BCUT2D eigenvalue weighted by molar-refractivity contribution is 6.31. The summed E-state index contributed by atoms with van der Waals surface area (Å²) in [6.07, 6.45) is 0. The van der Waals surface area contributed by atoms with Crippen molar-refractivity contribution in [1.29, 1.82) is 0 Å². The average molecular weight is 305 g/mol. The second-order valence-corrected chi connectivity index (χ2v) is 5.45. The van der Waals surface area contributed by atoms with Crippen LogP contribution in [0.2, 0.25) is 5.02 Å². The molecule has 2 N–H and O–H groups in total. The zero-order valence-corrected chi connectivity index (χ0v) is 12.0. The Labute approximate surface area is 127 Å². The number of hydrogen-bond donors (Lipinski definition) is 2. The van der Waals surface area contributed by atoms with E-state index in [1.54, 1.807) is 0 Å². The number of amides is 1. The van der Waals surface area contributed by atoms with E-state index >= 15 is 0 Å². The first-order valence-corrected chi connectivity index (χ1v) is 7.06. The molecule has 1 aliphatic heterocycles. The highest BCUT2D eigenvalue weighted by atomic mass is 35.5. The molecule has 0 aliphatic carbocycles. The Hall–Kier alpha value is -1.91. The summed E-state index contributed by atoms with van der Waals surface area (Å²) in [6.45, 7) is 2.09. The van der Waals surface area contributed by atoms with Crippen molar-refractivity contribution in [3.8, 4) is 0 Å². The lowest BCUT2D eigenvalue weighted by Gasteiger charge is -2.08. The summed E-state index contributed by atoms with van der Waals surface area (Å²) < 4.78 is 13.6. The molecule has 2 aromatic rings. The van der Waals surface area contributed by atoms with E-state index in [2.05, 4.69) is 22.8 Å². The molecule has 21 heavy (non-hydrogen) atoms. The van der Waals surface area contributed by atoms with Crippen molar-refractivity contribution >= 4 is 17.5 Å². The summed E-state index contributed by atoms with van der Waals surface area (Å²) in [5, 5.41) is 6.32. The van der Waals surface area contributed by atoms with Crippen LogP contribution in [-0.2, 0) is 19.6 Å². The van der Waals surface area contributed by atoms with Gasteiger partial charge < -0.3 is 10.6 Å². The summed E-state index contributed by atoms with van der Waals surface area (Å²) in [5.74, 6) is -1.04. The molecule has 3 rings (SSSR count). The van der Waals surface area contributed by atoms with Gasteiger partial charge in [-0.3, -0.25) is 4.79 Å². The SMILES string of the molecule is O=C(NCc1ccc2c(c1)CNC2)c1cc(Cl)ccc1F. The van der Waals surface area contributed by atoms with E-state index in [4.69, 9.17) is 11.6 Å². The van der Waals surface area contributed by atoms with Gasteiger partial charge in [-0.1, -0.05) is 29.8 Å². The van der Waals surface area contributed by atoms with Crippen molar-refractivity contribution in [2.24, 2.45) is 0 Å². The summed E-state index contributed by atoms with van der Waals surface area (Å²) in [6, 6.07) is 10.0. The van der Waals surface area contributed by atoms with Crippen molar-refractivity contribution in [2.45, 2.75) is 19.6 Å². The Bertz CT molecular complexity index is 703. The molecule has 2 aromatic carbocycles. The molecule has 0 atom stereocenters. The lowest BCUT2D eigenvalue weighted by molar-refractivity contribution is 0.0947. The van der Waals surface area contributed by atoms with E-state index in [9.17, 15) is 9.18 Å². The van der Waals surface area contributed by atoms with Crippen LogP contribution in [0.3, 0.4) is 0 Å². The predicted molar refractivity (Wildman–Crippen MR) is 79.6 cm³/mol. The van der Waals surface area contributed by atoms with Crippen LogP contribution in [0.25, 0.3) is 0 Å². The van der Waals surface area contributed by atoms with Crippen molar-refractivity contribution in [2.75, 3.05) is 0 Å². The maximum absolute atomic E-state index is 13.6. The van der Waals surface area contributed by atoms with Gasteiger partial charge in [-0.05, 0) is 34.9 Å². The number of carbonyl (C=O) groups excluding carboxylic acids is 1. The van der Waals surface area contributed by atoms with E-state index in [1.807, 2.05) is 6.07 Å². The molecule has 0 saturated heterocycles. The van der Waals surface area contributed by atoms with Crippen LogP contribution < -0.4 is 10.6 Å². The number of fused-ring (bicyclic) bond motifs is 1. The fraction of sp³-hybridized carbons (Fsp3) is 0.188. The van der Waals surface area contributed by atoms with E-state index in [0.29, 0.717) is 11.6 Å². The monoisotopic (exact) mass is 304 g/mol. The number of halogens is 2. The Morgan fingerprint density at radius 2 is 2.00 bits per heavy atom. The molecule has 108 valence electrons. The average Bonchev–Trinajstić information content (AvgIpc) is 2.94. The summed E-state index contributed by atoms with van der Waals surface area (Å²) in [5.41, 5.74) is 3.49. The molecule has 0 unspecified atom stereocenters. The predicted octanol–water partition coefficient (Wildman–Crippen LogP) is 3.01. The van der Waals surface area contributed by atoms with Gasteiger partial charge in [0.25, 0.3) is 5.91 Å². The number of benzene rings is 2. The Kier molecular flexibility index (Phi) is 3.90. The fourth-order valence-electron chi connectivity index (χ4n) is 2.41. The van der Waals surface area contributed by atoms with Gasteiger partial charge in [0.1, 0.15) is 5.82 Å². The summed E-state index contributed by atoms with van der Waals surface area (Å²) in [4.78, 5) is 12.0. The zero-order valence-electron chi connectivity index (χ0n) is 11.2. The van der Waals surface area contributed by atoms with Gasteiger partial charge in [-0.2, -0.15) is 0 Å². The zero-order chi connectivity index (χ0) is 14.8. The third-order valence-electron chi connectivity index (χ3n) is 3.53. The van der Waals surface area contributed by atoms with E-state index in [1.165, 1.54) is 29.3 Å². The highest BCUT2D eigenvalue weighted by Crippen LogP contribution is 2.18. The molecule has 3 nitrogen and oxygen atoms in total. The van der Waals surface area contributed by atoms with Crippen LogP contribution >= 0.6 is 11.6 Å².